The molecular weight excluding hydrogens is 415 g/mol. The second kappa shape index (κ2) is 16.8. The smallest absolute Gasteiger partial charge is 1.00 e. The quantitative estimate of drug-likeness (QED) is 0.253. The Morgan fingerprint density at radius 2 is 1.14 bits per heavy atom. The van der Waals surface area contributed by atoms with Crippen molar-refractivity contribution in [1.82, 2.24) is 0 Å². The molecule has 0 bridgehead atoms. The maximum Gasteiger partial charge on any atom is 1.00 e. The summed E-state index contributed by atoms with van der Waals surface area (Å²) in [4.78, 5) is 0.0610. The van der Waals surface area contributed by atoms with Crippen LogP contribution >= 0.6 is 0 Å². The average molecular weight is 449 g/mol. The minimum Gasteiger partial charge on any atom is -1.00 e. The molecule has 0 radical (unpaired) electrons. The fourth-order valence-electron chi connectivity index (χ4n) is 2.76. The number of unbranched alkanes of at least 4 members (excludes halogenated alkanes) is 9. The van der Waals surface area contributed by atoms with Gasteiger partial charge in [-0.05, 0) is 24.5 Å². The molecule has 1 aromatic carbocycles. The van der Waals surface area contributed by atoms with E-state index in [1.54, 1.807) is 12.1 Å². The van der Waals surface area contributed by atoms with Gasteiger partial charge in [-0.3, -0.25) is 13.7 Å². The van der Waals surface area contributed by atoms with E-state index in [0.717, 1.165) is 18.4 Å². The predicted octanol–water partition coefficient (Wildman–Crippen LogP) is 1.86. The van der Waals surface area contributed by atoms with Gasteiger partial charge in [0.15, 0.2) is 0 Å². The van der Waals surface area contributed by atoms with E-state index in [1.165, 1.54) is 57.4 Å². The van der Waals surface area contributed by atoms with E-state index in [9.17, 15) is 13.0 Å². The Morgan fingerprint density at radius 3 is 1.57 bits per heavy atom. The van der Waals surface area contributed by atoms with Crippen molar-refractivity contribution < 1.29 is 61.5 Å². The van der Waals surface area contributed by atoms with Crippen LogP contribution in [-0.4, -0.2) is 30.5 Å². The van der Waals surface area contributed by atoms with Crippen molar-refractivity contribution in [3.8, 4) is 0 Å². The third-order valence-corrected chi connectivity index (χ3v) is 5.00. The SMILES string of the molecule is CCCCCCCCCCCCc1ccccc1S(=O)(=O)O.O=S(=O)(O)O.[H-].[Na+]. The normalized spacial score (nSPS) is 11.3. The van der Waals surface area contributed by atoms with Gasteiger partial charge in [0.25, 0.3) is 10.1 Å². The molecule has 0 aliphatic rings. The van der Waals surface area contributed by atoms with Crippen molar-refractivity contribution in [2.45, 2.75) is 82.4 Å². The molecule has 1 aromatic rings. The Labute approximate surface area is 193 Å². The minimum absolute atomic E-state index is 0. The van der Waals surface area contributed by atoms with Crippen LogP contribution in [0, 0.1) is 0 Å². The van der Waals surface area contributed by atoms with Crippen LogP contribution < -0.4 is 29.6 Å². The van der Waals surface area contributed by atoms with Gasteiger partial charge in [-0.25, -0.2) is 0 Å². The van der Waals surface area contributed by atoms with Crippen molar-refractivity contribution in [2.24, 2.45) is 0 Å². The summed E-state index contributed by atoms with van der Waals surface area (Å²) < 4.78 is 63.4. The first-order valence-electron chi connectivity index (χ1n) is 9.31. The zero-order valence-corrected chi connectivity index (χ0v) is 20.5. The molecule has 0 fully saturated rings. The van der Waals surface area contributed by atoms with E-state index in [2.05, 4.69) is 6.92 Å². The molecule has 10 heteroatoms. The van der Waals surface area contributed by atoms with Crippen molar-refractivity contribution >= 4 is 20.5 Å². The third kappa shape index (κ3) is 19.3. The standard InChI is InChI=1S/C18H30O3S.Na.H2O4S.H/c1-2-3-4-5-6-7-8-9-10-11-14-17-15-12-13-16-18(17)22(19,20)21;;1-5(2,3)4;/h12-13,15-16H,2-11,14H2,1H3,(H,19,20,21);;(H2,1,2,3,4);/q;+1;;-1. The van der Waals surface area contributed by atoms with Crippen LogP contribution in [0.25, 0.3) is 0 Å². The second-order valence-electron chi connectivity index (χ2n) is 6.46. The predicted molar refractivity (Wildman–Crippen MR) is 107 cm³/mol. The number of rotatable bonds is 12. The summed E-state index contributed by atoms with van der Waals surface area (Å²) in [5.41, 5.74) is 0.726. The second-order valence-corrected chi connectivity index (χ2v) is 8.75. The first-order valence-corrected chi connectivity index (χ1v) is 12.1. The van der Waals surface area contributed by atoms with Crippen molar-refractivity contribution in [2.75, 3.05) is 0 Å². The van der Waals surface area contributed by atoms with Crippen LogP contribution in [0.15, 0.2) is 29.2 Å². The van der Waals surface area contributed by atoms with Crippen molar-refractivity contribution in [3.05, 3.63) is 29.8 Å². The van der Waals surface area contributed by atoms with E-state index in [0.29, 0.717) is 6.42 Å². The number of hydrogen-bond donors (Lipinski definition) is 3. The maximum atomic E-state index is 11.3. The summed E-state index contributed by atoms with van der Waals surface area (Å²) in [5.74, 6) is 0. The molecule has 0 amide bonds. The molecular formula is C18H33NaO7S2. The molecule has 0 heterocycles. The molecule has 7 nitrogen and oxygen atoms in total. The average Bonchev–Trinajstić information content (AvgIpc) is 2.54. The van der Waals surface area contributed by atoms with Gasteiger partial charge < -0.3 is 1.43 Å². The molecule has 0 aliphatic heterocycles. The molecule has 0 aromatic heterocycles. The fourth-order valence-corrected chi connectivity index (χ4v) is 3.52. The molecule has 0 atom stereocenters. The zero-order valence-electron chi connectivity index (χ0n) is 17.9. The summed E-state index contributed by atoms with van der Waals surface area (Å²) in [6.07, 6.45) is 13.3. The van der Waals surface area contributed by atoms with Crippen LogP contribution in [0.4, 0.5) is 0 Å². The summed E-state index contributed by atoms with van der Waals surface area (Å²) in [5, 5.41) is 0. The maximum absolute atomic E-state index is 11.3. The van der Waals surface area contributed by atoms with Crippen LogP contribution in [-0.2, 0) is 26.9 Å². The van der Waals surface area contributed by atoms with E-state index >= 15 is 0 Å². The van der Waals surface area contributed by atoms with Gasteiger partial charge in [0.2, 0.25) is 0 Å². The Kier molecular flexibility index (Phi) is 18.1. The molecule has 3 N–H and O–H groups in total. The van der Waals surface area contributed by atoms with Gasteiger partial charge in [0.1, 0.15) is 0 Å². The number of hydrogen-bond acceptors (Lipinski definition) is 4. The number of aryl methyl sites for hydroxylation is 1. The van der Waals surface area contributed by atoms with E-state index in [-0.39, 0.29) is 35.9 Å². The van der Waals surface area contributed by atoms with Gasteiger partial charge in [-0.2, -0.15) is 16.8 Å². The molecule has 28 heavy (non-hydrogen) atoms. The van der Waals surface area contributed by atoms with Gasteiger partial charge in [-0.1, -0.05) is 82.9 Å². The number of benzene rings is 1. The van der Waals surface area contributed by atoms with E-state index < -0.39 is 20.5 Å². The minimum atomic E-state index is -4.67. The van der Waals surface area contributed by atoms with Gasteiger partial charge in [0.05, 0.1) is 4.90 Å². The summed E-state index contributed by atoms with van der Waals surface area (Å²) >= 11 is 0. The largest absolute Gasteiger partial charge is 1.00 e. The van der Waals surface area contributed by atoms with Crippen LogP contribution in [0.3, 0.4) is 0 Å². The van der Waals surface area contributed by atoms with Gasteiger partial charge >= 0.3 is 40.0 Å². The topological polar surface area (TPSA) is 129 Å². The monoisotopic (exact) mass is 448 g/mol. The van der Waals surface area contributed by atoms with Crippen molar-refractivity contribution in [1.29, 1.82) is 0 Å². The van der Waals surface area contributed by atoms with E-state index in [4.69, 9.17) is 17.5 Å². The summed E-state index contributed by atoms with van der Waals surface area (Å²) in [6, 6.07) is 6.73. The molecule has 0 spiro atoms. The molecule has 1 rings (SSSR count). The van der Waals surface area contributed by atoms with Gasteiger partial charge in [0, 0.05) is 0 Å². The Hall–Kier alpha value is -0.000000000000000222. The first-order chi connectivity index (χ1) is 12.6. The first kappa shape index (κ1) is 30.2. The Morgan fingerprint density at radius 1 is 0.750 bits per heavy atom. The fraction of sp³-hybridized carbons (Fsp3) is 0.667. The molecule has 160 valence electrons. The Bertz CT molecular complexity index is 717. The van der Waals surface area contributed by atoms with Crippen LogP contribution in [0.5, 0.6) is 0 Å². The van der Waals surface area contributed by atoms with Crippen LogP contribution in [0.2, 0.25) is 0 Å². The molecule has 0 unspecified atom stereocenters. The summed E-state index contributed by atoms with van der Waals surface area (Å²) in [6.45, 7) is 2.24. The Balaban J connectivity index is -0.000000860. The molecule has 0 aliphatic carbocycles. The third-order valence-electron chi connectivity index (χ3n) is 4.05. The molecule has 0 saturated carbocycles. The van der Waals surface area contributed by atoms with Crippen molar-refractivity contribution in [3.63, 3.8) is 0 Å². The van der Waals surface area contributed by atoms with Gasteiger partial charge in [-0.15, -0.1) is 0 Å². The zero-order chi connectivity index (χ0) is 20.8. The van der Waals surface area contributed by atoms with Crippen LogP contribution in [0.1, 0.15) is 78.1 Å². The summed E-state index contributed by atoms with van der Waals surface area (Å²) in [7, 11) is -8.76. The molecule has 0 saturated heterocycles. The van der Waals surface area contributed by atoms with E-state index in [1.807, 2.05) is 6.07 Å².